The van der Waals surface area contributed by atoms with Crippen molar-refractivity contribution in [3.63, 3.8) is 0 Å². The third kappa shape index (κ3) is 7.79. The highest BCUT2D eigenvalue weighted by molar-refractivity contribution is 7.92. The van der Waals surface area contributed by atoms with Gasteiger partial charge in [0, 0.05) is 13.1 Å². The van der Waals surface area contributed by atoms with Crippen molar-refractivity contribution < 1.29 is 27.1 Å². The summed E-state index contributed by atoms with van der Waals surface area (Å²) in [6.07, 6.45) is 1.69. The number of hydrogen-bond donors (Lipinski definition) is 1. The molecule has 1 N–H and O–H groups in total. The standard InChI is InChI=1S/C29H34FN3O5S/c1-4-5-19-31-29(35)22(2)32(20-23-11-15-26(38-3)16-12-23)28(34)21-33(25-9-7-6-8-10-25)39(36,37)27-17-13-24(30)14-18-27/h6-18,22H,4-5,19-21H2,1-3H3,(H,31,35). The number of amides is 2. The number of nitrogens with one attached hydrogen (secondary N) is 1. The van der Waals surface area contributed by atoms with Crippen LogP contribution >= 0.6 is 0 Å². The van der Waals surface area contributed by atoms with Crippen LogP contribution in [0.3, 0.4) is 0 Å². The Morgan fingerprint density at radius 2 is 1.62 bits per heavy atom. The van der Waals surface area contributed by atoms with Gasteiger partial charge in [-0.3, -0.25) is 13.9 Å². The molecule has 0 heterocycles. The highest BCUT2D eigenvalue weighted by Crippen LogP contribution is 2.25. The highest BCUT2D eigenvalue weighted by atomic mass is 32.2. The first kappa shape index (κ1) is 29.6. The number of unbranched alkanes of at least 4 members (excludes halogenated alkanes) is 1. The summed E-state index contributed by atoms with van der Waals surface area (Å²) in [6.45, 7) is 3.61. The summed E-state index contributed by atoms with van der Waals surface area (Å²) in [5.74, 6) is -0.844. The number of benzene rings is 3. The minimum atomic E-state index is -4.24. The summed E-state index contributed by atoms with van der Waals surface area (Å²) in [5, 5.41) is 2.85. The Balaban J connectivity index is 1.96. The average Bonchev–Trinajstić information content (AvgIpc) is 2.95. The van der Waals surface area contributed by atoms with E-state index in [1.54, 1.807) is 68.6 Å². The van der Waals surface area contributed by atoms with Gasteiger partial charge in [-0.05, 0) is 67.4 Å². The summed E-state index contributed by atoms with van der Waals surface area (Å²) < 4.78 is 47.0. The fourth-order valence-corrected chi connectivity index (χ4v) is 5.32. The maximum absolute atomic E-state index is 13.8. The zero-order valence-electron chi connectivity index (χ0n) is 22.3. The zero-order chi connectivity index (χ0) is 28.4. The van der Waals surface area contributed by atoms with Gasteiger partial charge in [-0.25, -0.2) is 12.8 Å². The molecule has 8 nitrogen and oxygen atoms in total. The third-order valence-electron chi connectivity index (χ3n) is 6.23. The Morgan fingerprint density at radius 1 is 0.974 bits per heavy atom. The fourth-order valence-electron chi connectivity index (χ4n) is 3.90. The molecule has 0 aliphatic rings. The largest absolute Gasteiger partial charge is 0.497 e. The van der Waals surface area contributed by atoms with E-state index < -0.39 is 34.3 Å². The molecule has 0 spiro atoms. The Kier molecular flexibility index (Phi) is 10.4. The average molecular weight is 556 g/mol. The predicted molar refractivity (Wildman–Crippen MR) is 148 cm³/mol. The fraction of sp³-hybridized carbons (Fsp3) is 0.310. The molecule has 1 atom stereocenters. The monoisotopic (exact) mass is 555 g/mol. The molecular formula is C29H34FN3O5S. The van der Waals surface area contributed by atoms with E-state index in [4.69, 9.17) is 4.74 Å². The summed E-state index contributed by atoms with van der Waals surface area (Å²) in [6, 6.07) is 18.8. The first-order chi connectivity index (χ1) is 18.7. The molecule has 208 valence electrons. The van der Waals surface area contributed by atoms with Crippen molar-refractivity contribution in [3.05, 3.63) is 90.2 Å². The van der Waals surface area contributed by atoms with E-state index in [1.807, 2.05) is 6.92 Å². The smallest absolute Gasteiger partial charge is 0.264 e. The number of carbonyl (C=O) groups excluding carboxylic acids is 2. The van der Waals surface area contributed by atoms with Crippen molar-refractivity contribution >= 4 is 27.5 Å². The summed E-state index contributed by atoms with van der Waals surface area (Å²) in [5.41, 5.74) is 1.00. The van der Waals surface area contributed by atoms with Crippen LogP contribution in [0.15, 0.2) is 83.8 Å². The molecule has 3 aromatic carbocycles. The van der Waals surface area contributed by atoms with E-state index in [9.17, 15) is 22.4 Å². The molecule has 0 saturated carbocycles. The lowest BCUT2D eigenvalue weighted by molar-refractivity contribution is -0.139. The maximum Gasteiger partial charge on any atom is 0.264 e. The van der Waals surface area contributed by atoms with Crippen LogP contribution in [0.25, 0.3) is 0 Å². The SMILES string of the molecule is CCCCNC(=O)C(C)N(Cc1ccc(OC)cc1)C(=O)CN(c1ccccc1)S(=O)(=O)c1ccc(F)cc1. The first-order valence-electron chi connectivity index (χ1n) is 12.7. The van der Waals surface area contributed by atoms with Crippen LogP contribution in [0.2, 0.25) is 0 Å². The molecule has 0 aliphatic heterocycles. The number of nitrogens with zero attached hydrogens (tertiary/aromatic N) is 2. The number of sulfonamides is 1. The van der Waals surface area contributed by atoms with Gasteiger partial charge in [-0.15, -0.1) is 0 Å². The van der Waals surface area contributed by atoms with Crippen molar-refractivity contribution in [1.82, 2.24) is 10.2 Å². The molecule has 0 aromatic heterocycles. The molecule has 3 rings (SSSR count). The van der Waals surface area contributed by atoms with Gasteiger partial charge in [0.2, 0.25) is 11.8 Å². The molecule has 0 aliphatic carbocycles. The Bertz CT molecular complexity index is 1330. The second-order valence-corrected chi connectivity index (χ2v) is 10.9. The van der Waals surface area contributed by atoms with Crippen LogP contribution in [0.4, 0.5) is 10.1 Å². The van der Waals surface area contributed by atoms with Crippen LogP contribution in [-0.4, -0.2) is 51.4 Å². The van der Waals surface area contributed by atoms with Crippen molar-refractivity contribution in [1.29, 1.82) is 0 Å². The van der Waals surface area contributed by atoms with Gasteiger partial charge in [0.1, 0.15) is 24.2 Å². The molecule has 0 fully saturated rings. The van der Waals surface area contributed by atoms with E-state index in [0.717, 1.165) is 47.0 Å². The maximum atomic E-state index is 13.8. The Morgan fingerprint density at radius 3 is 2.21 bits per heavy atom. The molecule has 1 unspecified atom stereocenters. The second kappa shape index (κ2) is 13.7. The molecule has 0 radical (unpaired) electrons. The number of rotatable bonds is 13. The van der Waals surface area contributed by atoms with Gasteiger partial charge in [0.25, 0.3) is 10.0 Å². The van der Waals surface area contributed by atoms with Gasteiger partial charge in [0.15, 0.2) is 0 Å². The zero-order valence-corrected chi connectivity index (χ0v) is 23.2. The first-order valence-corrected chi connectivity index (χ1v) is 14.1. The van der Waals surface area contributed by atoms with Gasteiger partial charge < -0.3 is 15.0 Å². The highest BCUT2D eigenvalue weighted by Gasteiger charge is 2.32. The van der Waals surface area contributed by atoms with E-state index in [0.29, 0.717) is 12.3 Å². The Labute approximate surface area is 229 Å². The van der Waals surface area contributed by atoms with Gasteiger partial charge in [0.05, 0.1) is 17.7 Å². The molecular weight excluding hydrogens is 521 g/mol. The van der Waals surface area contributed by atoms with E-state index >= 15 is 0 Å². The number of methoxy groups -OCH3 is 1. The van der Waals surface area contributed by atoms with Crippen molar-refractivity contribution in [2.45, 2.75) is 44.2 Å². The lowest BCUT2D eigenvalue weighted by Crippen LogP contribution is -2.51. The third-order valence-corrected chi connectivity index (χ3v) is 8.02. The van der Waals surface area contributed by atoms with Crippen LogP contribution in [-0.2, 0) is 26.2 Å². The molecule has 3 aromatic rings. The van der Waals surface area contributed by atoms with Crippen LogP contribution in [0.5, 0.6) is 5.75 Å². The topological polar surface area (TPSA) is 96.0 Å². The summed E-state index contributed by atoms with van der Waals surface area (Å²) in [4.78, 5) is 28.0. The number of halogens is 1. The summed E-state index contributed by atoms with van der Waals surface area (Å²) >= 11 is 0. The van der Waals surface area contributed by atoms with Crippen molar-refractivity contribution in [2.75, 3.05) is 24.5 Å². The number of hydrogen-bond acceptors (Lipinski definition) is 5. The second-order valence-electron chi connectivity index (χ2n) is 8.99. The molecule has 10 heteroatoms. The summed E-state index contributed by atoms with van der Waals surface area (Å²) in [7, 11) is -2.69. The lowest BCUT2D eigenvalue weighted by Gasteiger charge is -2.32. The minimum absolute atomic E-state index is 0.0738. The van der Waals surface area contributed by atoms with E-state index in [2.05, 4.69) is 5.32 Å². The number of para-hydroxylation sites is 1. The number of anilines is 1. The van der Waals surface area contributed by atoms with Crippen LogP contribution in [0, 0.1) is 5.82 Å². The van der Waals surface area contributed by atoms with Gasteiger partial charge in [-0.2, -0.15) is 0 Å². The number of ether oxygens (including phenoxy) is 1. The van der Waals surface area contributed by atoms with Crippen LogP contribution < -0.4 is 14.4 Å². The molecule has 2 amide bonds. The quantitative estimate of drug-likeness (QED) is 0.316. The van der Waals surface area contributed by atoms with Crippen molar-refractivity contribution in [3.8, 4) is 5.75 Å². The number of carbonyl (C=O) groups is 2. The minimum Gasteiger partial charge on any atom is -0.497 e. The molecule has 0 saturated heterocycles. The van der Waals surface area contributed by atoms with E-state index in [1.165, 1.54) is 4.90 Å². The van der Waals surface area contributed by atoms with Gasteiger partial charge >= 0.3 is 0 Å². The van der Waals surface area contributed by atoms with Crippen molar-refractivity contribution in [2.24, 2.45) is 0 Å². The Hall–Kier alpha value is -3.92. The molecule has 39 heavy (non-hydrogen) atoms. The van der Waals surface area contributed by atoms with Crippen LogP contribution in [0.1, 0.15) is 32.3 Å². The molecule has 0 bridgehead atoms. The normalized spacial score (nSPS) is 11.9. The van der Waals surface area contributed by atoms with E-state index in [-0.39, 0.29) is 23.0 Å². The lowest BCUT2D eigenvalue weighted by atomic mass is 10.1. The van der Waals surface area contributed by atoms with Gasteiger partial charge in [-0.1, -0.05) is 43.7 Å². The predicted octanol–water partition coefficient (Wildman–Crippen LogP) is 4.36.